The van der Waals surface area contributed by atoms with Gasteiger partial charge in [-0.05, 0) is 23.5 Å². The average molecular weight is 415 g/mol. The molecule has 7 nitrogen and oxygen atoms in total. The molecule has 2 aromatic rings. The van der Waals surface area contributed by atoms with Gasteiger partial charge in [-0.2, -0.15) is 0 Å². The lowest BCUT2D eigenvalue weighted by molar-refractivity contribution is -0.177. The molecule has 2 rings (SSSR count). The summed E-state index contributed by atoms with van der Waals surface area (Å²) in [5.74, 6) is -0.639. The van der Waals surface area contributed by atoms with Crippen LogP contribution in [0.5, 0.6) is 0 Å². The van der Waals surface area contributed by atoms with Crippen molar-refractivity contribution in [1.82, 2.24) is 5.32 Å². The number of rotatable bonds is 11. The van der Waals surface area contributed by atoms with E-state index in [1.54, 1.807) is 12.1 Å². The highest BCUT2D eigenvalue weighted by Gasteiger charge is 2.33. The number of aliphatic hydroxyl groups excluding tert-OH is 2. The molecule has 0 radical (unpaired) electrons. The molecule has 0 aliphatic heterocycles. The van der Waals surface area contributed by atoms with E-state index in [9.17, 15) is 19.8 Å². The third-order valence-corrected chi connectivity index (χ3v) is 4.29. The van der Waals surface area contributed by atoms with Crippen molar-refractivity contribution < 1.29 is 29.3 Å². The van der Waals surface area contributed by atoms with Gasteiger partial charge >= 0.3 is 6.09 Å². The molecule has 30 heavy (non-hydrogen) atoms. The number of aliphatic hydroxyl groups is 2. The maximum Gasteiger partial charge on any atom is 0.408 e. The molecule has 0 bridgehead atoms. The first-order chi connectivity index (χ1) is 14.4. The van der Waals surface area contributed by atoms with Crippen LogP contribution in [0.25, 0.3) is 0 Å². The third-order valence-electron chi connectivity index (χ3n) is 4.29. The van der Waals surface area contributed by atoms with Gasteiger partial charge in [0.2, 0.25) is 0 Å². The van der Waals surface area contributed by atoms with Gasteiger partial charge in [0.1, 0.15) is 6.61 Å². The highest BCUT2D eigenvalue weighted by Crippen LogP contribution is 2.10. The van der Waals surface area contributed by atoms with E-state index in [-0.39, 0.29) is 25.6 Å². The van der Waals surface area contributed by atoms with E-state index >= 15 is 0 Å². The number of ketones is 1. The minimum atomic E-state index is -1.80. The van der Waals surface area contributed by atoms with Gasteiger partial charge in [-0.15, -0.1) is 0 Å². The van der Waals surface area contributed by atoms with Crippen molar-refractivity contribution in [3.63, 3.8) is 0 Å². The van der Waals surface area contributed by atoms with E-state index in [2.05, 4.69) is 5.32 Å². The summed E-state index contributed by atoms with van der Waals surface area (Å²) in [6.07, 6.45) is -4.14. The molecule has 0 fully saturated rings. The number of hydrogen-bond donors (Lipinski definition) is 3. The molecular formula is C23H29NO6. The number of benzene rings is 2. The number of amides is 1. The van der Waals surface area contributed by atoms with Gasteiger partial charge in [0, 0.05) is 0 Å². The molecule has 7 heteroatoms. The van der Waals surface area contributed by atoms with E-state index in [0.717, 1.165) is 11.1 Å². The van der Waals surface area contributed by atoms with Crippen LogP contribution in [0.1, 0.15) is 25.0 Å². The Hall–Kier alpha value is -2.74. The van der Waals surface area contributed by atoms with Crippen LogP contribution in [0.2, 0.25) is 0 Å². The van der Waals surface area contributed by atoms with E-state index in [4.69, 9.17) is 9.47 Å². The van der Waals surface area contributed by atoms with Gasteiger partial charge in [-0.25, -0.2) is 4.79 Å². The zero-order chi connectivity index (χ0) is 21.9. The van der Waals surface area contributed by atoms with E-state index < -0.39 is 30.3 Å². The van der Waals surface area contributed by atoms with Crippen molar-refractivity contribution in [2.45, 2.75) is 45.3 Å². The molecule has 2 aromatic carbocycles. The second kappa shape index (κ2) is 12.1. The van der Waals surface area contributed by atoms with E-state index in [1.807, 2.05) is 62.4 Å². The van der Waals surface area contributed by atoms with Crippen LogP contribution in [-0.4, -0.2) is 47.1 Å². The summed E-state index contributed by atoms with van der Waals surface area (Å²) in [6.45, 7) is 3.98. The Balaban J connectivity index is 2.03. The first kappa shape index (κ1) is 23.5. The van der Waals surface area contributed by atoms with Crippen LogP contribution >= 0.6 is 0 Å². The average Bonchev–Trinajstić information content (AvgIpc) is 2.76. The summed E-state index contributed by atoms with van der Waals surface area (Å²) in [6, 6.07) is 17.1. The van der Waals surface area contributed by atoms with Crippen molar-refractivity contribution in [3.8, 4) is 0 Å². The third kappa shape index (κ3) is 7.94. The Labute approximate surface area is 176 Å². The lowest BCUT2D eigenvalue weighted by atomic mass is 9.99. The Bertz CT molecular complexity index is 781. The molecule has 0 spiro atoms. The summed E-state index contributed by atoms with van der Waals surface area (Å²) in [7, 11) is 0. The summed E-state index contributed by atoms with van der Waals surface area (Å²) in [5.41, 5.74) is 1.58. The number of carbonyl (C=O) groups excluding carboxylic acids is 2. The van der Waals surface area contributed by atoms with Crippen LogP contribution in [0.15, 0.2) is 60.7 Å². The molecule has 3 N–H and O–H groups in total. The summed E-state index contributed by atoms with van der Waals surface area (Å²) in [5, 5.41) is 22.8. The fourth-order valence-electron chi connectivity index (χ4n) is 2.71. The molecule has 0 heterocycles. The summed E-state index contributed by atoms with van der Waals surface area (Å²) in [4.78, 5) is 25.1. The van der Waals surface area contributed by atoms with Crippen molar-refractivity contribution in [2.24, 2.45) is 5.92 Å². The van der Waals surface area contributed by atoms with Crippen molar-refractivity contribution in [3.05, 3.63) is 71.8 Å². The minimum Gasteiger partial charge on any atom is -0.445 e. The molecule has 0 aliphatic rings. The van der Waals surface area contributed by atoms with Gasteiger partial charge < -0.3 is 25.0 Å². The fraction of sp³-hybridized carbons (Fsp3) is 0.391. The number of carbonyl (C=O) groups is 2. The van der Waals surface area contributed by atoms with Gasteiger partial charge in [0.15, 0.2) is 18.2 Å². The molecule has 0 aliphatic carbocycles. The van der Waals surface area contributed by atoms with Gasteiger partial charge in [-0.3, -0.25) is 4.79 Å². The number of alkyl carbamates (subject to hydrolysis) is 1. The second-order valence-corrected chi connectivity index (χ2v) is 7.41. The zero-order valence-electron chi connectivity index (χ0n) is 17.2. The smallest absolute Gasteiger partial charge is 0.408 e. The monoisotopic (exact) mass is 415 g/mol. The summed E-state index contributed by atoms with van der Waals surface area (Å²) < 4.78 is 10.3. The molecular weight excluding hydrogens is 386 g/mol. The van der Waals surface area contributed by atoms with E-state index in [0.29, 0.717) is 0 Å². The lowest BCUT2D eigenvalue weighted by Crippen LogP contribution is -2.50. The highest BCUT2D eigenvalue weighted by atomic mass is 16.6. The van der Waals surface area contributed by atoms with Crippen LogP contribution < -0.4 is 5.32 Å². The first-order valence-electron chi connectivity index (χ1n) is 9.89. The van der Waals surface area contributed by atoms with Crippen molar-refractivity contribution in [2.75, 3.05) is 6.61 Å². The quantitative estimate of drug-likeness (QED) is 0.487. The number of Topliss-reactive ketones (excluding diaryl/α,β-unsaturated/α-hetero) is 1. The van der Waals surface area contributed by atoms with Crippen LogP contribution in [-0.2, 0) is 27.3 Å². The second-order valence-electron chi connectivity index (χ2n) is 7.41. The van der Waals surface area contributed by atoms with E-state index in [1.165, 1.54) is 0 Å². The predicted molar refractivity (Wildman–Crippen MR) is 112 cm³/mol. The SMILES string of the molecule is CC(C)COC(O)C(O)C(=O)[C@H](Cc1ccccc1)NC(=O)OCc1ccccc1. The lowest BCUT2D eigenvalue weighted by Gasteiger charge is -2.24. The van der Waals surface area contributed by atoms with Crippen LogP contribution in [0.4, 0.5) is 4.79 Å². The molecule has 1 amide bonds. The van der Waals surface area contributed by atoms with Gasteiger partial charge in [-0.1, -0.05) is 74.5 Å². The number of hydrogen-bond acceptors (Lipinski definition) is 6. The fourth-order valence-corrected chi connectivity index (χ4v) is 2.71. The number of nitrogens with one attached hydrogen (secondary N) is 1. The summed E-state index contributed by atoms with van der Waals surface area (Å²) >= 11 is 0. The maximum atomic E-state index is 12.8. The molecule has 0 saturated carbocycles. The molecule has 0 aromatic heterocycles. The maximum absolute atomic E-state index is 12.8. The molecule has 2 unspecified atom stereocenters. The highest BCUT2D eigenvalue weighted by molar-refractivity contribution is 5.91. The topological polar surface area (TPSA) is 105 Å². The minimum absolute atomic E-state index is 0.0433. The Morgan fingerprint density at radius 2 is 1.50 bits per heavy atom. The molecule has 162 valence electrons. The number of ether oxygens (including phenoxy) is 2. The van der Waals surface area contributed by atoms with Gasteiger partial charge in [0.25, 0.3) is 0 Å². The van der Waals surface area contributed by atoms with Crippen molar-refractivity contribution in [1.29, 1.82) is 0 Å². The van der Waals surface area contributed by atoms with Crippen LogP contribution in [0, 0.1) is 5.92 Å². The molecule has 0 saturated heterocycles. The van der Waals surface area contributed by atoms with Gasteiger partial charge in [0.05, 0.1) is 12.6 Å². The predicted octanol–water partition coefficient (Wildman–Crippen LogP) is 2.45. The standard InChI is InChI=1S/C23H29NO6/c1-16(2)14-29-22(27)21(26)20(25)19(13-17-9-5-3-6-10-17)24-23(28)30-15-18-11-7-4-8-12-18/h3-12,16,19,21-22,26-27H,13-15H2,1-2H3,(H,24,28)/t19-,21?,22?/m0/s1. The van der Waals surface area contributed by atoms with Crippen molar-refractivity contribution >= 4 is 11.9 Å². The molecule has 3 atom stereocenters. The first-order valence-corrected chi connectivity index (χ1v) is 9.89. The Morgan fingerprint density at radius 3 is 2.07 bits per heavy atom. The Kier molecular flexibility index (Phi) is 9.47. The zero-order valence-corrected chi connectivity index (χ0v) is 17.2. The normalized spacial score (nSPS) is 14.0. The Morgan fingerprint density at radius 1 is 0.933 bits per heavy atom. The largest absolute Gasteiger partial charge is 0.445 e. The van der Waals surface area contributed by atoms with Crippen LogP contribution in [0.3, 0.4) is 0 Å².